The van der Waals surface area contributed by atoms with Crippen molar-refractivity contribution in [1.29, 1.82) is 0 Å². The Bertz CT molecular complexity index is 724. The van der Waals surface area contributed by atoms with E-state index in [1.165, 1.54) is 17.5 Å². The maximum atomic E-state index is 12.2. The van der Waals surface area contributed by atoms with Gasteiger partial charge in [0, 0.05) is 11.4 Å². The summed E-state index contributed by atoms with van der Waals surface area (Å²) in [6, 6.07) is 6.88. The summed E-state index contributed by atoms with van der Waals surface area (Å²) in [4.78, 5) is 7.31. The van der Waals surface area contributed by atoms with E-state index in [0.29, 0.717) is 9.90 Å². The van der Waals surface area contributed by atoms with Crippen molar-refractivity contribution in [2.45, 2.75) is 17.6 Å². The summed E-state index contributed by atoms with van der Waals surface area (Å²) in [7, 11) is 0.539. The summed E-state index contributed by atoms with van der Waals surface area (Å²) in [5.74, 6) is 0.735. The number of rotatable bonds is 8. The van der Waals surface area contributed by atoms with Crippen LogP contribution < -0.4 is 10.0 Å². The van der Waals surface area contributed by atoms with Gasteiger partial charge in [-0.3, -0.25) is 4.72 Å². The number of anilines is 2. The zero-order chi connectivity index (χ0) is 16.9. The van der Waals surface area contributed by atoms with E-state index in [1.54, 1.807) is 24.3 Å². The van der Waals surface area contributed by atoms with Crippen LogP contribution in [0, 0.1) is 6.92 Å². The summed E-state index contributed by atoms with van der Waals surface area (Å²) in [5, 5.41) is 3.21. The molecule has 0 aliphatic rings. The molecule has 2 aromatic rings. The van der Waals surface area contributed by atoms with Crippen LogP contribution in [0.3, 0.4) is 0 Å². The summed E-state index contributed by atoms with van der Waals surface area (Å²) >= 11 is 1.25. The number of pyridine rings is 1. The molecule has 0 fully saturated rings. The molecule has 0 bridgehead atoms. The third-order valence-corrected chi connectivity index (χ3v) is 5.96. The molecule has 6 nitrogen and oxygen atoms in total. The monoisotopic (exact) mass is 354 g/mol. The highest BCUT2D eigenvalue weighted by atomic mass is 32.2. The van der Waals surface area contributed by atoms with Crippen LogP contribution in [-0.4, -0.2) is 45.5 Å². The highest BCUT2D eigenvalue weighted by molar-refractivity contribution is 7.94. The number of hydrogen-bond acceptors (Lipinski definition) is 6. The van der Waals surface area contributed by atoms with E-state index < -0.39 is 10.0 Å². The molecule has 0 aromatic carbocycles. The molecular formula is C15H22N4O2S2. The highest BCUT2D eigenvalue weighted by Crippen LogP contribution is 2.23. The largest absolute Gasteiger partial charge is 0.370 e. The molecule has 0 spiro atoms. The van der Waals surface area contributed by atoms with E-state index in [0.717, 1.165) is 30.2 Å². The van der Waals surface area contributed by atoms with E-state index in [1.807, 2.05) is 21.0 Å². The van der Waals surface area contributed by atoms with E-state index in [9.17, 15) is 8.42 Å². The van der Waals surface area contributed by atoms with Gasteiger partial charge in [0.1, 0.15) is 10.0 Å². The van der Waals surface area contributed by atoms with Gasteiger partial charge in [0.15, 0.2) is 0 Å². The first-order chi connectivity index (χ1) is 10.9. The first-order valence-corrected chi connectivity index (χ1v) is 9.61. The lowest BCUT2D eigenvalue weighted by molar-refractivity contribution is 0.405. The quantitative estimate of drug-likeness (QED) is 0.713. The fourth-order valence-corrected chi connectivity index (χ4v) is 4.26. The minimum absolute atomic E-state index is 0.306. The highest BCUT2D eigenvalue weighted by Gasteiger charge is 2.16. The molecule has 0 saturated carbocycles. The number of thiophene rings is 1. The third-order valence-electron chi connectivity index (χ3n) is 3.08. The van der Waals surface area contributed by atoms with Crippen LogP contribution in [-0.2, 0) is 10.0 Å². The Hall–Kier alpha value is -1.64. The first kappa shape index (κ1) is 17.7. The predicted octanol–water partition coefficient (Wildman–Crippen LogP) is 2.62. The Labute approximate surface area is 141 Å². The van der Waals surface area contributed by atoms with Crippen LogP contribution in [0.15, 0.2) is 34.7 Å². The van der Waals surface area contributed by atoms with E-state index in [-0.39, 0.29) is 0 Å². The average molecular weight is 355 g/mol. The van der Waals surface area contributed by atoms with Crippen LogP contribution >= 0.6 is 11.3 Å². The summed E-state index contributed by atoms with van der Waals surface area (Å²) < 4.78 is 27.3. The van der Waals surface area contributed by atoms with Crippen molar-refractivity contribution in [2.75, 3.05) is 37.2 Å². The van der Waals surface area contributed by atoms with Crippen molar-refractivity contribution in [3.05, 3.63) is 35.3 Å². The zero-order valence-corrected chi connectivity index (χ0v) is 15.2. The third kappa shape index (κ3) is 5.49. The normalized spacial score (nSPS) is 11.7. The van der Waals surface area contributed by atoms with Crippen LogP contribution in [0.1, 0.15) is 11.3 Å². The van der Waals surface area contributed by atoms with Crippen LogP contribution in [0.5, 0.6) is 0 Å². The average Bonchev–Trinajstić information content (AvgIpc) is 2.92. The maximum absolute atomic E-state index is 12.2. The second-order valence-electron chi connectivity index (χ2n) is 5.49. The molecule has 0 radical (unpaired) electrons. The maximum Gasteiger partial charge on any atom is 0.271 e. The van der Waals surface area contributed by atoms with Crippen LogP contribution in [0.25, 0.3) is 0 Å². The fraction of sp³-hybridized carbons (Fsp3) is 0.400. The van der Waals surface area contributed by atoms with Gasteiger partial charge in [-0.1, -0.05) is 0 Å². The van der Waals surface area contributed by atoms with Crippen molar-refractivity contribution >= 4 is 32.9 Å². The van der Waals surface area contributed by atoms with Crippen molar-refractivity contribution < 1.29 is 8.42 Å². The van der Waals surface area contributed by atoms with Crippen molar-refractivity contribution in [1.82, 2.24) is 9.88 Å². The predicted molar refractivity (Wildman–Crippen MR) is 95.8 cm³/mol. The molecule has 0 amide bonds. The van der Waals surface area contributed by atoms with E-state index in [2.05, 4.69) is 19.9 Å². The summed E-state index contributed by atoms with van der Waals surface area (Å²) in [5.41, 5.74) is 0.454. The summed E-state index contributed by atoms with van der Waals surface area (Å²) in [6.45, 7) is 3.71. The molecule has 126 valence electrons. The van der Waals surface area contributed by atoms with Gasteiger partial charge in [0.2, 0.25) is 0 Å². The van der Waals surface area contributed by atoms with Gasteiger partial charge < -0.3 is 10.2 Å². The Morgan fingerprint density at radius 1 is 1.22 bits per heavy atom. The molecule has 2 aromatic heterocycles. The molecule has 0 saturated heterocycles. The van der Waals surface area contributed by atoms with Crippen molar-refractivity contribution in [2.24, 2.45) is 0 Å². The number of aromatic nitrogens is 1. The van der Waals surface area contributed by atoms with Gasteiger partial charge in [-0.2, -0.15) is 0 Å². The fourth-order valence-electron chi connectivity index (χ4n) is 1.93. The molecule has 0 atom stereocenters. The van der Waals surface area contributed by atoms with Gasteiger partial charge in [0.05, 0.1) is 11.9 Å². The molecular weight excluding hydrogens is 332 g/mol. The van der Waals surface area contributed by atoms with E-state index in [4.69, 9.17) is 0 Å². The lowest BCUT2D eigenvalue weighted by Gasteiger charge is -2.11. The number of hydrogen-bond donors (Lipinski definition) is 2. The molecule has 2 rings (SSSR count). The van der Waals surface area contributed by atoms with Crippen LogP contribution in [0.4, 0.5) is 11.5 Å². The molecule has 8 heteroatoms. The topological polar surface area (TPSA) is 74.3 Å². The number of aryl methyl sites for hydroxylation is 1. The SMILES string of the molecule is Cc1ccc(S(=O)(=O)Nc2ccc(NCCCN(C)C)nc2)s1. The van der Waals surface area contributed by atoms with Gasteiger partial charge in [-0.25, -0.2) is 13.4 Å². The second-order valence-corrected chi connectivity index (χ2v) is 8.68. The first-order valence-electron chi connectivity index (χ1n) is 7.31. The lowest BCUT2D eigenvalue weighted by atomic mass is 10.4. The van der Waals surface area contributed by atoms with Gasteiger partial charge >= 0.3 is 0 Å². The molecule has 2 heterocycles. The minimum Gasteiger partial charge on any atom is -0.370 e. The van der Waals surface area contributed by atoms with Crippen LogP contribution in [0.2, 0.25) is 0 Å². The molecule has 0 unspecified atom stereocenters. The minimum atomic E-state index is -3.53. The van der Waals surface area contributed by atoms with Gasteiger partial charge in [-0.05, 0) is 58.3 Å². The zero-order valence-electron chi connectivity index (χ0n) is 13.5. The smallest absolute Gasteiger partial charge is 0.271 e. The Morgan fingerprint density at radius 2 is 2.00 bits per heavy atom. The second kappa shape index (κ2) is 7.76. The molecule has 0 aliphatic heterocycles. The van der Waals surface area contributed by atoms with Gasteiger partial charge in [0.25, 0.3) is 10.0 Å². The Kier molecular flexibility index (Phi) is 5.97. The molecule has 2 N–H and O–H groups in total. The standard InChI is InChI=1S/C15H22N4O2S2/c1-12-5-8-15(22-12)23(20,21)18-13-6-7-14(17-11-13)16-9-4-10-19(2)3/h5-8,11,18H,4,9-10H2,1-3H3,(H,16,17). The van der Waals surface area contributed by atoms with E-state index >= 15 is 0 Å². The Balaban J connectivity index is 1.92. The summed E-state index contributed by atoms with van der Waals surface area (Å²) in [6.07, 6.45) is 2.53. The molecule has 0 aliphatic carbocycles. The number of sulfonamides is 1. The van der Waals surface area contributed by atoms with Crippen molar-refractivity contribution in [3.63, 3.8) is 0 Å². The number of nitrogens with zero attached hydrogens (tertiary/aromatic N) is 2. The number of nitrogens with one attached hydrogen (secondary N) is 2. The lowest BCUT2D eigenvalue weighted by Crippen LogP contribution is -2.16. The Morgan fingerprint density at radius 3 is 2.57 bits per heavy atom. The molecule has 23 heavy (non-hydrogen) atoms. The van der Waals surface area contributed by atoms with Crippen molar-refractivity contribution in [3.8, 4) is 0 Å². The van der Waals surface area contributed by atoms with Gasteiger partial charge in [-0.15, -0.1) is 11.3 Å².